The van der Waals surface area contributed by atoms with Crippen molar-refractivity contribution in [3.8, 4) is 0 Å². The lowest BCUT2D eigenvalue weighted by molar-refractivity contribution is -0.0231. The third-order valence-corrected chi connectivity index (χ3v) is 3.98. The third-order valence-electron chi connectivity index (χ3n) is 3.98. The van der Waals surface area contributed by atoms with E-state index in [0.29, 0.717) is 12.0 Å². The molecule has 1 fully saturated rings. The minimum absolute atomic E-state index is 0.304. The van der Waals surface area contributed by atoms with E-state index in [1.807, 2.05) is 6.92 Å². The number of aliphatic hydroxyl groups is 1. The molecule has 0 aromatic rings. The Morgan fingerprint density at radius 3 is 2.69 bits per heavy atom. The van der Waals surface area contributed by atoms with E-state index in [0.717, 1.165) is 19.6 Å². The fraction of sp³-hybridized carbons (Fsp3) is 1.00. The third kappa shape index (κ3) is 4.04. The zero-order valence-corrected chi connectivity index (χ0v) is 11.3. The lowest BCUT2D eigenvalue weighted by Gasteiger charge is -2.36. The second-order valence-electron chi connectivity index (χ2n) is 5.76. The first-order chi connectivity index (χ1) is 7.43. The summed E-state index contributed by atoms with van der Waals surface area (Å²) in [5.41, 5.74) is -0.575. The van der Waals surface area contributed by atoms with Crippen LogP contribution < -0.4 is 5.32 Å². The molecule has 0 aromatic carbocycles. The first kappa shape index (κ1) is 13.9. The molecule has 2 unspecified atom stereocenters. The van der Waals surface area contributed by atoms with E-state index in [-0.39, 0.29) is 0 Å². The number of likely N-dealkylation sites (N-methyl/N-ethyl adjacent to an activating group) is 1. The largest absolute Gasteiger partial charge is 0.389 e. The van der Waals surface area contributed by atoms with Crippen molar-refractivity contribution < 1.29 is 5.11 Å². The molecule has 1 aliphatic rings. The Bertz CT molecular complexity index is 196. The van der Waals surface area contributed by atoms with Gasteiger partial charge in [0.2, 0.25) is 0 Å². The van der Waals surface area contributed by atoms with Gasteiger partial charge in [0.05, 0.1) is 5.60 Å². The first-order valence-corrected chi connectivity index (χ1v) is 6.57. The van der Waals surface area contributed by atoms with Crippen molar-refractivity contribution in [2.24, 2.45) is 5.92 Å². The molecule has 0 bridgehead atoms. The van der Waals surface area contributed by atoms with Crippen LogP contribution in [0.5, 0.6) is 0 Å². The van der Waals surface area contributed by atoms with Crippen LogP contribution in [0.3, 0.4) is 0 Å². The van der Waals surface area contributed by atoms with E-state index in [1.165, 1.54) is 19.3 Å². The van der Waals surface area contributed by atoms with Crippen LogP contribution in [-0.2, 0) is 0 Å². The molecule has 1 heterocycles. The highest BCUT2D eigenvalue weighted by atomic mass is 16.3. The molecule has 0 saturated carbocycles. The zero-order valence-electron chi connectivity index (χ0n) is 11.3. The summed E-state index contributed by atoms with van der Waals surface area (Å²) in [5, 5.41) is 13.7. The molecule has 0 radical (unpaired) electrons. The lowest BCUT2D eigenvalue weighted by Crippen LogP contribution is -2.46. The van der Waals surface area contributed by atoms with Gasteiger partial charge in [0.15, 0.2) is 0 Å². The van der Waals surface area contributed by atoms with Gasteiger partial charge in [-0.3, -0.25) is 0 Å². The highest BCUT2D eigenvalue weighted by Crippen LogP contribution is 2.20. The average molecular weight is 228 g/mol. The summed E-state index contributed by atoms with van der Waals surface area (Å²) >= 11 is 0. The number of nitrogens with zero attached hydrogens (tertiary/aromatic N) is 1. The molecule has 16 heavy (non-hydrogen) atoms. The van der Waals surface area contributed by atoms with Crippen LogP contribution in [0.2, 0.25) is 0 Å². The maximum atomic E-state index is 10.3. The molecular formula is C13H28N2O. The summed E-state index contributed by atoms with van der Waals surface area (Å²) < 4.78 is 0. The van der Waals surface area contributed by atoms with Gasteiger partial charge < -0.3 is 15.3 Å². The average Bonchev–Trinajstić information content (AvgIpc) is 2.44. The summed E-state index contributed by atoms with van der Waals surface area (Å²) in [6.45, 7) is 9.15. The molecule has 2 N–H and O–H groups in total. The zero-order chi connectivity index (χ0) is 12.2. The fourth-order valence-corrected chi connectivity index (χ4v) is 2.26. The molecule has 0 spiro atoms. The Hall–Kier alpha value is -0.120. The summed E-state index contributed by atoms with van der Waals surface area (Å²) in [7, 11) is 2.15. The van der Waals surface area contributed by atoms with Crippen molar-refractivity contribution in [1.82, 2.24) is 10.2 Å². The normalized spacial score (nSPS) is 26.8. The van der Waals surface area contributed by atoms with Gasteiger partial charge in [-0.15, -0.1) is 0 Å². The van der Waals surface area contributed by atoms with E-state index in [1.54, 1.807) is 0 Å². The number of nitrogens with one attached hydrogen (secondary N) is 1. The van der Waals surface area contributed by atoms with Crippen molar-refractivity contribution >= 4 is 0 Å². The highest BCUT2D eigenvalue weighted by molar-refractivity contribution is 4.83. The van der Waals surface area contributed by atoms with Gasteiger partial charge in [0.1, 0.15) is 0 Å². The summed E-state index contributed by atoms with van der Waals surface area (Å²) in [5.74, 6) is 0.304. The van der Waals surface area contributed by atoms with Gasteiger partial charge in [-0.25, -0.2) is 0 Å². The molecule has 0 aliphatic carbocycles. The van der Waals surface area contributed by atoms with Crippen LogP contribution >= 0.6 is 0 Å². The quantitative estimate of drug-likeness (QED) is 0.765. The predicted molar refractivity (Wildman–Crippen MR) is 68.6 cm³/mol. The van der Waals surface area contributed by atoms with E-state index in [4.69, 9.17) is 0 Å². The van der Waals surface area contributed by atoms with Crippen LogP contribution in [-0.4, -0.2) is 48.3 Å². The molecule has 1 aliphatic heterocycles. The van der Waals surface area contributed by atoms with Gasteiger partial charge in [-0.2, -0.15) is 0 Å². The number of rotatable bonds is 4. The van der Waals surface area contributed by atoms with Crippen LogP contribution in [0, 0.1) is 5.92 Å². The number of hydrogen-bond acceptors (Lipinski definition) is 3. The van der Waals surface area contributed by atoms with Crippen molar-refractivity contribution in [3.05, 3.63) is 0 Å². The summed E-state index contributed by atoms with van der Waals surface area (Å²) in [6, 6.07) is 0.625. The fourth-order valence-electron chi connectivity index (χ4n) is 2.26. The van der Waals surface area contributed by atoms with E-state index in [9.17, 15) is 5.11 Å². The Balaban J connectivity index is 2.46. The molecule has 96 valence electrons. The highest BCUT2D eigenvalue weighted by Gasteiger charge is 2.29. The van der Waals surface area contributed by atoms with Gasteiger partial charge >= 0.3 is 0 Å². The Kier molecular flexibility index (Phi) is 5.22. The molecule has 2 atom stereocenters. The van der Waals surface area contributed by atoms with Gasteiger partial charge in [0.25, 0.3) is 0 Å². The smallest absolute Gasteiger partial charge is 0.0768 e. The van der Waals surface area contributed by atoms with Crippen molar-refractivity contribution in [3.63, 3.8) is 0 Å². The second kappa shape index (κ2) is 5.99. The lowest BCUT2D eigenvalue weighted by atomic mass is 9.91. The Morgan fingerprint density at radius 1 is 1.38 bits per heavy atom. The van der Waals surface area contributed by atoms with Gasteiger partial charge in [-0.05, 0) is 52.2 Å². The Morgan fingerprint density at radius 2 is 2.06 bits per heavy atom. The molecule has 3 heteroatoms. The van der Waals surface area contributed by atoms with Gasteiger partial charge in [0, 0.05) is 12.6 Å². The molecule has 0 amide bonds. The van der Waals surface area contributed by atoms with Gasteiger partial charge in [-0.1, -0.05) is 13.8 Å². The SMILES string of the molecule is CC(C)C(C)(O)CN(C)C1CCCNCC1. The van der Waals surface area contributed by atoms with Crippen LogP contribution in [0.1, 0.15) is 40.0 Å². The maximum absolute atomic E-state index is 10.3. The second-order valence-corrected chi connectivity index (χ2v) is 5.76. The number of hydrogen-bond donors (Lipinski definition) is 2. The molecule has 3 nitrogen and oxygen atoms in total. The molecule has 1 rings (SSSR count). The van der Waals surface area contributed by atoms with Crippen LogP contribution in [0.25, 0.3) is 0 Å². The van der Waals surface area contributed by atoms with E-state index >= 15 is 0 Å². The van der Waals surface area contributed by atoms with Crippen LogP contribution in [0.4, 0.5) is 0 Å². The standard InChI is InChI=1S/C13H28N2O/c1-11(2)13(3,16)10-15(4)12-6-5-8-14-9-7-12/h11-12,14,16H,5-10H2,1-4H3. The minimum atomic E-state index is -0.575. The monoisotopic (exact) mass is 228 g/mol. The van der Waals surface area contributed by atoms with Crippen molar-refractivity contribution in [2.45, 2.75) is 51.7 Å². The maximum Gasteiger partial charge on any atom is 0.0768 e. The summed E-state index contributed by atoms with van der Waals surface area (Å²) in [4.78, 5) is 2.34. The van der Waals surface area contributed by atoms with E-state index in [2.05, 4.69) is 31.1 Å². The molecule has 1 saturated heterocycles. The Labute approximate surface area is 100 Å². The molecular weight excluding hydrogens is 200 g/mol. The minimum Gasteiger partial charge on any atom is -0.389 e. The van der Waals surface area contributed by atoms with E-state index < -0.39 is 5.60 Å². The predicted octanol–water partition coefficient (Wildman–Crippen LogP) is 1.47. The first-order valence-electron chi connectivity index (χ1n) is 6.57. The summed E-state index contributed by atoms with van der Waals surface area (Å²) in [6.07, 6.45) is 3.70. The van der Waals surface area contributed by atoms with Crippen LogP contribution in [0.15, 0.2) is 0 Å². The molecule has 0 aromatic heterocycles. The van der Waals surface area contributed by atoms with Crippen molar-refractivity contribution in [2.75, 3.05) is 26.7 Å². The van der Waals surface area contributed by atoms with Crippen molar-refractivity contribution in [1.29, 1.82) is 0 Å². The topological polar surface area (TPSA) is 35.5 Å².